The van der Waals surface area contributed by atoms with E-state index in [-0.39, 0.29) is 17.3 Å². The van der Waals surface area contributed by atoms with Gasteiger partial charge >= 0.3 is 0 Å². The zero-order chi connectivity index (χ0) is 18.5. The van der Waals surface area contributed by atoms with Crippen LogP contribution in [0.3, 0.4) is 0 Å². The third-order valence-corrected chi connectivity index (χ3v) is 3.74. The zero-order valence-corrected chi connectivity index (χ0v) is 13.9. The van der Waals surface area contributed by atoms with Crippen molar-refractivity contribution < 1.29 is 13.6 Å². The molecule has 0 spiro atoms. The first-order chi connectivity index (χ1) is 12.5. The van der Waals surface area contributed by atoms with Crippen molar-refractivity contribution in [1.82, 2.24) is 9.97 Å². The van der Waals surface area contributed by atoms with Crippen LogP contribution in [0.15, 0.2) is 60.9 Å². The smallest absolute Gasteiger partial charge is 0.258 e. The Balaban J connectivity index is 1.66. The molecule has 0 bridgehead atoms. The molecule has 5 nitrogen and oxygen atoms in total. The van der Waals surface area contributed by atoms with Gasteiger partial charge in [0.15, 0.2) is 0 Å². The van der Waals surface area contributed by atoms with Crippen molar-refractivity contribution in [3.05, 3.63) is 83.7 Å². The summed E-state index contributed by atoms with van der Waals surface area (Å²) in [5.74, 6) is -1.79. The summed E-state index contributed by atoms with van der Waals surface area (Å²) in [7, 11) is 0. The monoisotopic (exact) mass is 354 g/mol. The van der Waals surface area contributed by atoms with Gasteiger partial charge in [-0.05, 0) is 24.6 Å². The van der Waals surface area contributed by atoms with E-state index in [1.165, 1.54) is 12.4 Å². The maximum absolute atomic E-state index is 13.6. The summed E-state index contributed by atoms with van der Waals surface area (Å²) in [6.07, 6.45) is 2.67. The van der Waals surface area contributed by atoms with Gasteiger partial charge in [0.25, 0.3) is 5.91 Å². The summed E-state index contributed by atoms with van der Waals surface area (Å²) in [4.78, 5) is 20.3. The van der Waals surface area contributed by atoms with Crippen LogP contribution < -0.4 is 10.6 Å². The normalized spacial score (nSPS) is 11.7. The van der Waals surface area contributed by atoms with Gasteiger partial charge in [-0.2, -0.15) is 0 Å². The molecule has 7 heteroatoms. The van der Waals surface area contributed by atoms with E-state index in [1.54, 1.807) is 0 Å². The van der Waals surface area contributed by atoms with Gasteiger partial charge in [0.2, 0.25) is 5.95 Å². The second-order valence-electron chi connectivity index (χ2n) is 5.65. The Morgan fingerprint density at radius 2 is 1.73 bits per heavy atom. The molecule has 132 valence electrons. The largest absolute Gasteiger partial charge is 0.348 e. The van der Waals surface area contributed by atoms with Crippen LogP contribution in [-0.2, 0) is 0 Å². The maximum Gasteiger partial charge on any atom is 0.258 e. The highest BCUT2D eigenvalue weighted by atomic mass is 19.1. The minimum absolute atomic E-state index is 0.0100. The van der Waals surface area contributed by atoms with Crippen LogP contribution in [0.4, 0.5) is 20.4 Å². The number of anilines is 2. The topological polar surface area (TPSA) is 66.9 Å². The van der Waals surface area contributed by atoms with Crippen molar-refractivity contribution in [2.75, 3.05) is 10.6 Å². The van der Waals surface area contributed by atoms with Gasteiger partial charge in [-0.25, -0.2) is 18.7 Å². The number of carbonyl (C=O) groups is 1. The lowest BCUT2D eigenvalue weighted by Gasteiger charge is -2.14. The highest BCUT2D eigenvalue weighted by Gasteiger charge is 2.12. The van der Waals surface area contributed by atoms with E-state index in [2.05, 4.69) is 20.6 Å². The lowest BCUT2D eigenvalue weighted by molar-refractivity contribution is 0.102. The summed E-state index contributed by atoms with van der Waals surface area (Å²) in [5.41, 5.74) is 1.12. The van der Waals surface area contributed by atoms with E-state index in [9.17, 15) is 13.6 Å². The Kier molecular flexibility index (Phi) is 5.17. The molecule has 1 atom stereocenters. The molecule has 0 saturated heterocycles. The van der Waals surface area contributed by atoms with Gasteiger partial charge in [-0.15, -0.1) is 0 Å². The molecule has 1 amide bonds. The van der Waals surface area contributed by atoms with Crippen molar-refractivity contribution in [1.29, 1.82) is 0 Å². The number of benzene rings is 2. The van der Waals surface area contributed by atoms with Crippen molar-refractivity contribution in [2.24, 2.45) is 0 Å². The molecule has 1 heterocycles. The van der Waals surface area contributed by atoms with E-state index in [4.69, 9.17) is 0 Å². The lowest BCUT2D eigenvalue weighted by Crippen LogP contribution is -2.15. The first-order valence-corrected chi connectivity index (χ1v) is 7.93. The van der Waals surface area contributed by atoms with E-state index < -0.39 is 17.5 Å². The summed E-state index contributed by atoms with van der Waals surface area (Å²) in [6.45, 7) is 1.97. The lowest BCUT2D eigenvalue weighted by atomic mass is 10.1. The molecular formula is C19H16F2N4O. The Labute approximate surface area is 149 Å². The number of nitrogens with zero attached hydrogens (tertiary/aromatic N) is 2. The SMILES string of the molecule is CC(Nc1ncc(C(=O)Nc2ccc(F)cc2F)cn1)c1ccccc1. The molecule has 3 rings (SSSR count). The van der Waals surface area contributed by atoms with Crippen LogP contribution in [0.25, 0.3) is 0 Å². The van der Waals surface area contributed by atoms with Crippen LogP contribution in [-0.4, -0.2) is 15.9 Å². The average Bonchev–Trinajstić information content (AvgIpc) is 2.65. The molecule has 3 aromatic rings. The van der Waals surface area contributed by atoms with E-state index in [0.717, 1.165) is 17.7 Å². The van der Waals surface area contributed by atoms with Crippen LogP contribution in [0.1, 0.15) is 28.9 Å². The van der Waals surface area contributed by atoms with Crippen molar-refractivity contribution in [3.8, 4) is 0 Å². The van der Waals surface area contributed by atoms with Gasteiger partial charge in [0, 0.05) is 18.5 Å². The summed E-state index contributed by atoms with van der Waals surface area (Å²) in [5, 5.41) is 5.49. The summed E-state index contributed by atoms with van der Waals surface area (Å²) in [6, 6.07) is 12.7. The Morgan fingerprint density at radius 1 is 1.04 bits per heavy atom. The summed E-state index contributed by atoms with van der Waals surface area (Å²) < 4.78 is 26.5. The van der Waals surface area contributed by atoms with E-state index in [0.29, 0.717) is 12.0 Å². The molecule has 0 fully saturated rings. The fraction of sp³-hybridized carbons (Fsp3) is 0.105. The fourth-order valence-electron chi connectivity index (χ4n) is 2.32. The third-order valence-electron chi connectivity index (χ3n) is 3.74. The predicted octanol–water partition coefficient (Wildman–Crippen LogP) is 4.18. The first-order valence-electron chi connectivity index (χ1n) is 7.93. The van der Waals surface area contributed by atoms with Crippen LogP contribution in [0.5, 0.6) is 0 Å². The number of hydrogen-bond donors (Lipinski definition) is 2. The molecule has 2 aromatic carbocycles. The highest BCUT2D eigenvalue weighted by Crippen LogP contribution is 2.17. The zero-order valence-electron chi connectivity index (χ0n) is 13.9. The molecule has 1 unspecified atom stereocenters. The van der Waals surface area contributed by atoms with Gasteiger partial charge in [0.05, 0.1) is 17.3 Å². The number of carbonyl (C=O) groups excluding carboxylic acids is 1. The Morgan fingerprint density at radius 3 is 2.38 bits per heavy atom. The minimum Gasteiger partial charge on any atom is -0.348 e. The molecule has 1 aromatic heterocycles. The minimum atomic E-state index is -0.853. The molecule has 0 aliphatic rings. The number of hydrogen-bond acceptors (Lipinski definition) is 4. The predicted molar refractivity (Wildman–Crippen MR) is 94.8 cm³/mol. The molecular weight excluding hydrogens is 338 g/mol. The fourth-order valence-corrected chi connectivity index (χ4v) is 2.32. The van der Waals surface area contributed by atoms with Crippen LogP contribution in [0, 0.1) is 11.6 Å². The second kappa shape index (κ2) is 7.69. The summed E-state index contributed by atoms with van der Waals surface area (Å²) >= 11 is 0. The number of amides is 1. The van der Waals surface area contributed by atoms with Crippen molar-refractivity contribution >= 4 is 17.5 Å². The maximum atomic E-state index is 13.6. The number of nitrogens with one attached hydrogen (secondary N) is 2. The van der Waals surface area contributed by atoms with Crippen molar-refractivity contribution in [3.63, 3.8) is 0 Å². The van der Waals surface area contributed by atoms with Crippen LogP contribution >= 0.6 is 0 Å². The first kappa shape index (κ1) is 17.5. The van der Waals surface area contributed by atoms with Gasteiger partial charge in [-0.1, -0.05) is 30.3 Å². The standard InChI is InChI=1S/C19H16F2N4O/c1-12(13-5-3-2-4-6-13)24-19-22-10-14(11-23-19)18(26)25-17-8-7-15(20)9-16(17)21/h2-12H,1H3,(H,25,26)(H,22,23,24). The molecule has 0 aliphatic heterocycles. The van der Waals surface area contributed by atoms with E-state index >= 15 is 0 Å². The third kappa shape index (κ3) is 4.18. The molecule has 26 heavy (non-hydrogen) atoms. The number of rotatable bonds is 5. The highest BCUT2D eigenvalue weighted by molar-refractivity contribution is 6.03. The second-order valence-corrected chi connectivity index (χ2v) is 5.65. The molecule has 0 saturated carbocycles. The van der Waals surface area contributed by atoms with Crippen molar-refractivity contribution in [2.45, 2.75) is 13.0 Å². The van der Waals surface area contributed by atoms with Gasteiger partial charge in [-0.3, -0.25) is 4.79 Å². The average molecular weight is 354 g/mol. The van der Waals surface area contributed by atoms with Gasteiger partial charge < -0.3 is 10.6 Å². The molecule has 0 aliphatic carbocycles. The quantitative estimate of drug-likeness (QED) is 0.721. The Bertz CT molecular complexity index is 901. The molecule has 0 radical (unpaired) electrons. The Hall–Kier alpha value is -3.35. The van der Waals surface area contributed by atoms with Crippen LogP contribution in [0.2, 0.25) is 0 Å². The number of halogens is 2. The van der Waals surface area contributed by atoms with E-state index in [1.807, 2.05) is 37.3 Å². The number of aromatic nitrogens is 2. The molecule has 2 N–H and O–H groups in total. The van der Waals surface area contributed by atoms with Gasteiger partial charge in [0.1, 0.15) is 11.6 Å².